The molecule has 0 unspecified atom stereocenters. The van der Waals surface area contributed by atoms with Crippen molar-refractivity contribution in [3.05, 3.63) is 0 Å². The highest BCUT2D eigenvalue weighted by molar-refractivity contribution is 5.01. The van der Waals surface area contributed by atoms with E-state index in [-0.39, 0.29) is 0 Å². The van der Waals surface area contributed by atoms with Crippen molar-refractivity contribution < 1.29 is 0 Å². The maximum absolute atomic E-state index is 5.84. The zero-order valence-electron chi connectivity index (χ0n) is 8.64. The molecule has 1 fully saturated rings. The first-order valence-electron chi connectivity index (χ1n) is 5.13. The zero-order valence-corrected chi connectivity index (χ0v) is 8.64. The standard InChI is InChI=1S/C10H22N2/c1-4-12(5-2)10(8-11)6-9(3)7-10/h9H,4-8,11H2,1-3H3. The molecule has 0 atom stereocenters. The topological polar surface area (TPSA) is 29.3 Å². The summed E-state index contributed by atoms with van der Waals surface area (Å²) in [7, 11) is 0. The first-order chi connectivity index (χ1) is 5.68. The first kappa shape index (κ1) is 10.0. The molecular formula is C10H22N2. The summed E-state index contributed by atoms with van der Waals surface area (Å²) in [5.41, 5.74) is 6.21. The van der Waals surface area contributed by atoms with Gasteiger partial charge in [-0.3, -0.25) is 4.90 Å². The normalized spacial score (nSPS) is 35.2. The van der Waals surface area contributed by atoms with Crippen LogP contribution < -0.4 is 5.73 Å². The van der Waals surface area contributed by atoms with Gasteiger partial charge in [-0.1, -0.05) is 20.8 Å². The Morgan fingerprint density at radius 3 is 2.08 bits per heavy atom. The van der Waals surface area contributed by atoms with E-state index in [4.69, 9.17) is 5.73 Å². The summed E-state index contributed by atoms with van der Waals surface area (Å²) < 4.78 is 0. The largest absolute Gasteiger partial charge is 0.329 e. The van der Waals surface area contributed by atoms with Gasteiger partial charge in [0.2, 0.25) is 0 Å². The molecule has 0 bridgehead atoms. The van der Waals surface area contributed by atoms with Crippen LogP contribution in [0.3, 0.4) is 0 Å². The first-order valence-corrected chi connectivity index (χ1v) is 5.13. The van der Waals surface area contributed by atoms with E-state index in [9.17, 15) is 0 Å². The van der Waals surface area contributed by atoms with Gasteiger partial charge in [-0.25, -0.2) is 0 Å². The second-order valence-electron chi connectivity index (χ2n) is 4.11. The molecule has 0 aliphatic heterocycles. The summed E-state index contributed by atoms with van der Waals surface area (Å²) >= 11 is 0. The minimum absolute atomic E-state index is 0.364. The fourth-order valence-electron chi connectivity index (χ4n) is 2.69. The third-order valence-corrected chi connectivity index (χ3v) is 3.27. The van der Waals surface area contributed by atoms with Crippen LogP contribution in [0.4, 0.5) is 0 Å². The molecule has 12 heavy (non-hydrogen) atoms. The molecule has 0 saturated heterocycles. The molecule has 0 amide bonds. The molecule has 72 valence electrons. The molecule has 0 spiro atoms. The average molecular weight is 170 g/mol. The van der Waals surface area contributed by atoms with Crippen LogP contribution in [-0.4, -0.2) is 30.1 Å². The quantitative estimate of drug-likeness (QED) is 0.692. The fraction of sp³-hybridized carbons (Fsp3) is 1.00. The van der Waals surface area contributed by atoms with Crippen molar-refractivity contribution in [2.45, 2.75) is 39.2 Å². The fourth-order valence-corrected chi connectivity index (χ4v) is 2.69. The van der Waals surface area contributed by atoms with Gasteiger partial charge < -0.3 is 5.73 Å². The van der Waals surface area contributed by atoms with Gasteiger partial charge in [-0.2, -0.15) is 0 Å². The molecule has 0 aromatic rings. The number of hydrogen-bond donors (Lipinski definition) is 1. The molecule has 1 saturated carbocycles. The van der Waals surface area contributed by atoms with Gasteiger partial charge in [0.05, 0.1) is 0 Å². The van der Waals surface area contributed by atoms with Gasteiger partial charge in [-0.05, 0) is 31.8 Å². The van der Waals surface area contributed by atoms with Crippen LogP contribution in [-0.2, 0) is 0 Å². The van der Waals surface area contributed by atoms with E-state index in [1.54, 1.807) is 0 Å². The minimum atomic E-state index is 0.364. The summed E-state index contributed by atoms with van der Waals surface area (Å²) in [6.45, 7) is 9.88. The average Bonchev–Trinajstić information content (AvgIpc) is 2.02. The Kier molecular flexibility index (Phi) is 3.13. The molecule has 1 aliphatic rings. The van der Waals surface area contributed by atoms with E-state index < -0.39 is 0 Å². The van der Waals surface area contributed by atoms with Crippen molar-refractivity contribution in [1.82, 2.24) is 4.90 Å². The molecule has 0 aromatic carbocycles. The van der Waals surface area contributed by atoms with E-state index >= 15 is 0 Å². The second-order valence-corrected chi connectivity index (χ2v) is 4.11. The van der Waals surface area contributed by atoms with E-state index in [2.05, 4.69) is 25.7 Å². The predicted octanol–water partition coefficient (Wildman–Crippen LogP) is 1.46. The van der Waals surface area contributed by atoms with Crippen molar-refractivity contribution in [3.8, 4) is 0 Å². The molecule has 2 heteroatoms. The summed E-state index contributed by atoms with van der Waals surface area (Å²) in [5.74, 6) is 0.883. The maximum atomic E-state index is 5.84. The molecule has 2 nitrogen and oxygen atoms in total. The zero-order chi connectivity index (χ0) is 9.19. The highest BCUT2D eigenvalue weighted by atomic mass is 15.2. The molecule has 0 heterocycles. The third kappa shape index (κ3) is 1.50. The molecule has 1 aliphatic carbocycles. The minimum Gasteiger partial charge on any atom is -0.329 e. The van der Waals surface area contributed by atoms with E-state index in [1.165, 1.54) is 12.8 Å². The molecule has 1 rings (SSSR count). The van der Waals surface area contributed by atoms with Crippen LogP contribution in [0.5, 0.6) is 0 Å². The Labute approximate surface area is 76.1 Å². The number of nitrogens with two attached hydrogens (primary N) is 1. The van der Waals surface area contributed by atoms with Gasteiger partial charge in [0, 0.05) is 12.1 Å². The van der Waals surface area contributed by atoms with Crippen molar-refractivity contribution in [2.24, 2.45) is 11.7 Å². The lowest BCUT2D eigenvalue weighted by molar-refractivity contribution is -0.00570. The van der Waals surface area contributed by atoms with Gasteiger partial charge in [0.25, 0.3) is 0 Å². The second kappa shape index (κ2) is 3.75. The Balaban J connectivity index is 2.55. The van der Waals surface area contributed by atoms with E-state index in [0.717, 1.165) is 25.6 Å². The molecule has 0 radical (unpaired) electrons. The number of nitrogens with zero attached hydrogens (tertiary/aromatic N) is 1. The molecule has 2 N–H and O–H groups in total. The SMILES string of the molecule is CCN(CC)C1(CN)CC(C)C1. The summed E-state index contributed by atoms with van der Waals surface area (Å²) in [6, 6.07) is 0. The lowest BCUT2D eigenvalue weighted by atomic mass is 9.68. The van der Waals surface area contributed by atoms with Crippen molar-refractivity contribution in [1.29, 1.82) is 0 Å². The van der Waals surface area contributed by atoms with Crippen LogP contribution in [0, 0.1) is 5.92 Å². The Morgan fingerprint density at radius 2 is 1.83 bits per heavy atom. The highest BCUT2D eigenvalue weighted by Gasteiger charge is 2.44. The predicted molar refractivity (Wildman–Crippen MR) is 53.1 cm³/mol. The summed E-state index contributed by atoms with van der Waals surface area (Å²) in [5, 5.41) is 0. The van der Waals surface area contributed by atoms with Crippen LogP contribution in [0.2, 0.25) is 0 Å². The van der Waals surface area contributed by atoms with Gasteiger partial charge >= 0.3 is 0 Å². The smallest absolute Gasteiger partial charge is 0.0336 e. The summed E-state index contributed by atoms with van der Waals surface area (Å²) in [4.78, 5) is 2.52. The van der Waals surface area contributed by atoms with Crippen LogP contribution in [0.15, 0.2) is 0 Å². The monoisotopic (exact) mass is 170 g/mol. The Morgan fingerprint density at radius 1 is 1.33 bits per heavy atom. The summed E-state index contributed by atoms with van der Waals surface area (Å²) in [6.07, 6.45) is 2.59. The van der Waals surface area contributed by atoms with Crippen molar-refractivity contribution >= 4 is 0 Å². The van der Waals surface area contributed by atoms with Crippen LogP contribution in [0.25, 0.3) is 0 Å². The third-order valence-electron chi connectivity index (χ3n) is 3.27. The van der Waals surface area contributed by atoms with Crippen LogP contribution >= 0.6 is 0 Å². The number of likely N-dealkylation sites (N-methyl/N-ethyl adjacent to an activating group) is 1. The van der Waals surface area contributed by atoms with Crippen LogP contribution in [0.1, 0.15) is 33.6 Å². The van der Waals surface area contributed by atoms with Crippen molar-refractivity contribution in [2.75, 3.05) is 19.6 Å². The molecular weight excluding hydrogens is 148 g/mol. The number of rotatable bonds is 4. The Bertz CT molecular complexity index is 135. The van der Waals surface area contributed by atoms with Gasteiger partial charge in [0.15, 0.2) is 0 Å². The lowest BCUT2D eigenvalue weighted by Gasteiger charge is -2.53. The molecule has 0 aromatic heterocycles. The van der Waals surface area contributed by atoms with Crippen molar-refractivity contribution in [3.63, 3.8) is 0 Å². The van der Waals surface area contributed by atoms with E-state index in [1.807, 2.05) is 0 Å². The maximum Gasteiger partial charge on any atom is 0.0336 e. The van der Waals surface area contributed by atoms with E-state index in [0.29, 0.717) is 5.54 Å². The number of hydrogen-bond acceptors (Lipinski definition) is 2. The highest BCUT2D eigenvalue weighted by Crippen LogP contribution is 2.41. The lowest BCUT2D eigenvalue weighted by Crippen LogP contribution is -2.61. The van der Waals surface area contributed by atoms with Gasteiger partial charge in [0.1, 0.15) is 0 Å². The van der Waals surface area contributed by atoms with Gasteiger partial charge in [-0.15, -0.1) is 0 Å². The Hall–Kier alpha value is -0.0800.